The molecule has 2 aromatic rings. The number of likely N-dealkylation sites (tertiary alicyclic amines) is 1. The number of benzene rings is 1. The first kappa shape index (κ1) is 18.0. The molecule has 1 fully saturated rings. The Kier molecular flexibility index (Phi) is 6.13. The van der Waals surface area contributed by atoms with E-state index in [9.17, 15) is 4.79 Å². The summed E-state index contributed by atoms with van der Waals surface area (Å²) in [5.74, 6) is 2.13. The largest absolute Gasteiger partial charge is 0.342 e. The molecule has 6 heteroatoms. The van der Waals surface area contributed by atoms with Crippen molar-refractivity contribution in [3.05, 3.63) is 41.7 Å². The fourth-order valence-corrected chi connectivity index (χ4v) is 3.94. The minimum Gasteiger partial charge on any atom is -0.342 e. The minimum absolute atomic E-state index is 0.214. The van der Waals surface area contributed by atoms with Gasteiger partial charge in [0, 0.05) is 26.1 Å². The fourth-order valence-electron chi connectivity index (χ4n) is 3.07. The maximum Gasteiger partial charge on any atom is 0.233 e. The Morgan fingerprint density at radius 1 is 1.16 bits per heavy atom. The van der Waals surface area contributed by atoms with Crippen LogP contribution in [0.5, 0.6) is 0 Å². The Morgan fingerprint density at radius 3 is 2.56 bits per heavy atom. The summed E-state index contributed by atoms with van der Waals surface area (Å²) >= 11 is 1.51. The molecular weight excluding hydrogens is 332 g/mol. The van der Waals surface area contributed by atoms with Crippen molar-refractivity contribution in [3.63, 3.8) is 0 Å². The molecule has 0 spiro atoms. The quantitative estimate of drug-likeness (QED) is 0.713. The van der Waals surface area contributed by atoms with Crippen molar-refractivity contribution in [3.8, 4) is 0 Å². The van der Waals surface area contributed by atoms with Gasteiger partial charge in [-0.1, -0.05) is 55.9 Å². The Morgan fingerprint density at radius 2 is 1.88 bits per heavy atom. The second-order valence-corrected chi connectivity index (χ2v) is 7.88. The number of aromatic nitrogens is 3. The second-order valence-electron chi connectivity index (χ2n) is 6.94. The van der Waals surface area contributed by atoms with Crippen LogP contribution in [0.3, 0.4) is 0 Å². The third-order valence-corrected chi connectivity index (χ3v) is 5.28. The molecule has 0 atom stereocenters. The highest BCUT2D eigenvalue weighted by Crippen LogP contribution is 2.21. The number of thioether (sulfide) groups is 1. The lowest BCUT2D eigenvalue weighted by Crippen LogP contribution is -2.29. The lowest BCUT2D eigenvalue weighted by atomic mass is 10.1. The molecule has 2 heterocycles. The minimum atomic E-state index is 0.214. The summed E-state index contributed by atoms with van der Waals surface area (Å²) < 4.78 is 2.18. The molecule has 1 aromatic heterocycles. The molecule has 0 radical (unpaired) electrons. The van der Waals surface area contributed by atoms with Gasteiger partial charge in [-0.15, -0.1) is 10.2 Å². The molecular formula is C19H26N4OS. The average molecular weight is 359 g/mol. The number of carbonyl (C=O) groups is 1. The highest BCUT2D eigenvalue weighted by atomic mass is 32.2. The molecule has 3 rings (SSSR count). The van der Waals surface area contributed by atoms with E-state index in [0.717, 1.165) is 49.9 Å². The monoisotopic (exact) mass is 358 g/mol. The zero-order valence-electron chi connectivity index (χ0n) is 15.0. The van der Waals surface area contributed by atoms with Gasteiger partial charge < -0.3 is 9.47 Å². The van der Waals surface area contributed by atoms with E-state index in [1.54, 1.807) is 0 Å². The van der Waals surface area contributed by atoms with E-state index in [2.05, 4.69) is 40.7 Å². The maximum atomic E-state index is 12.3. The van der Waals surface area contributed by atoms with Crippen LogP contribution in [-0.2, 0) is 17.8 Å². The van der Waals surface area contributed by atoms with Crippen LogP contribution in [0.4, 0.5) is 0 Å². The first-order chi connectivity index (χ1) is 12.1. The Labute approximate surface area is 153 Å². The molecule has 1 aliphatic rings. The van der Waals surface area contributed by atoms with E-state index in [4.69, 9.17) is 0 Å². The molecule has 1 aromatic carbocycles. The van der Waals surface area contributed by atoms with Crippen LogP contribution in [0.25, 0.3) is 0 Å². The van der Waals surface area contributed by atoms with Crippen molar-refractivity contribution >= 4 is 17.7 Å². The van der Waals surface area contributed by atoms with Crippen molar-refractivity contribution in [2.75, 3.05) is 18.8 Å². The summed E-state index contributed by atoms with van der Waals surface area (Å²) in [7, 11) is 0. The van der Waals surface area contributed by atoms with Gasteiger partial charge in [-0.05, 0) is 24.3 Å². The van der Waals surface area contributed by atoms with Gasteiger partial charge in [0.1, 0.15) is 5.82 Å². The van der Waals surface area contributed by atoms with E-state index >= 15 is 0 Å². The van der Waals surface area contributed by atoms with Crippen LogP contribution in [0.1, 0.15) is 38.1 Å². The Bertz CT molecular complexity index is 693. The predicted molar refractivity (Wildman–Crippen MR) is 101 cm³/mol. The zero-order valence-corrected chi connectivity index (χ0v) is 15.8. The Balaban J connectivity index is 1.70. The van der Waals surface area contributed by atoms with E-state index < -0.39 is 0 Å². The summed E-state index contributed by atoms with van der Waals surface area (Å²) in [6.07, 6.45) is 3.02. The molecule has 0 N–H and O–H groups in total. The van der Waals surface area contributed by atoms with Gasteiger partial charge >= 0.3 is 0 Å². The summed E-state index contributed by atoms with van der Waals surface area (Å²) in [6, 6.07) is 10.3. The molecule has 1 saturated heterocycles. The van der Waals surface area contributed by atoms with Crippen molar-refractivity contribution in [2.45, 2.75) is 44.8 Å². The maximum absolute atomic E-state index is 12.3. The fraction of sp³-hybridized carbons (Fsp3) is 0.526. The average Bonchev–Trinajstić information content (AvgIpc) is 3.25. The molecule has 25 heavy (non-hydrogen) atoms. The zero-order chi connectivity index (χ0) is 17.6. The van der Waals surface area contributed by atoms with Crippen LogP contribution in [0.15, 0.2) is 35.5 Å². The van der Waals surface area contributed by atoms with Gasteiger partial charge in [0.15, 0.2) is 5.16 Å². The van der Waals surface area contributed by atoms with Crippen LogP contribution in [-0.4, -0.2) is 44.4 Å². The van der Waals surface area contributed by atoms with Gasteiger partial charge in [0.2, 0.25) is 5.91 Å². The van der Waals surface area contributed by atoms with Gasteiger partial charge in [-0.25, -0.2) is 0 Å². The number of amides is 1. The first-order valence-electron chi connectivity index (χ1n) is 9.00. The van der Waals surface area contributed by atoms with E-state index in [0.29, 0.717) is 11.7 Å². The molecule has 0 saturated carbocycles. The van der Waals surface area contributed by atoms with Crippen LogP contribution in [0.2, 0.25) is 0 Å². The standard InChI is InChI=1S/C19H26N4OS/c1-15(2)13-23-17(12-16-8-4-3-5-9-16)20-21-19(23)25-14-18(24)22-10-6-7-11-22/h3-5,8-9,15H,6-7,10-14H2,1-2H3. The molecule has 0 unspecified atom stereocenters. The summed E-state index contributed by atoms with van der Waals surface area (Å²) in [4.78, 5) is 14.3. The van der Waals surface area contributed by atoms with Crippen molar-refractivity contribution < 1.29 is 4.79 Å². The summed E-state index contributed by atoms with van der Waals surface area (Å²) in [5.41, 5.74) is 1.23. The molecule has 0 bridgehead atoms. The van der Waals surface area contributed by atoms with E-state index in [1.807, 2.05) is 23.1 Å². The van der Waals surface area contributed by atoms with Crippen molar-refractivity contribution in [1.82, 2.24) is 19.7 Å². The SMILES string of the molecule is CC(C)Cn1c(Cc2ccccc2)nnc1SCC(=O)N1CCCC1. The van der Waals surface area contributed by atoms with Gasteiger partial charge in [0.05, 0.1) is 5.75 Å². The van der Waals surface area contributed by atoms with Gasteiger partial charge in [-0.2, -0.15) is 0 Å². The van der Waals surface area contributed by atoms with Crippen LogP contribution < -0.4 is 0 Å². The molecule has 5 nitrogen and oxygen atoms in total. The normalized spacial score (nSPS) is 14.4. The lowest BCUT2D eigenvalue weighted by Gasteiger charge is -2.15. The number of nitrogens with zero attached hydrogens (tertiary/aromatic N) is 4. The first-order valence-corrected chi connectivity index (χ1v) is 9.98. The predicted octanol–water partition coefficient (Wildman–Crippen LogP) is 3.24. The summed E-state index contributed by atoms with van der Waals surface area (Å²) in [5, 5.41) is 9.63. The lowest BCUT2D eigenvalue weighted by molar-refractivity contribution is -0.127. The van der Waals surface area contributed by atoms with E-state index in [1.165, 1.54) is 17.3 Å². The topological polar surface area (TPSA) is 51.0 Å². The summed E-state index contributed by atoms with van der Waals surface area (Å²) in [6.45, 7) is 7.05. The van der Waals surface area contributed by atoms with Crippen molar-refractivity contribution in [1.29, 1.82) is 0 Å². The number of carbonyl (C=O) groups excluding carboxylic acids is 1. The van der Waals surface area contributed by atoms with Crippen LogP contribution >= 0.6 is 11.8 Å². The second kappa shape index (κ2) is 8.52. The molecule has 1 amide bonds. The van der Waals surface area contributed by atoms with Gasteiger partial charge in [0.25, 0.3) is 0 Å². The molecule has 134 valence electrons. The Hall–Kier alpha value is -1.82. The third-order valence-electron chi connectivity index (χ3n) is 4.33. The van der Waals surface area contributed by atoms with Crippen molar-refractivity contribution in [2.24, 2.45) is 5.92 Å². The van der Waals surface area contributed by atoms with Crippen LogP contribution in [0, 0.1) is 5.92 Å². The van der Waals surface area contributed by atoms with E-state index in [-0.39, 0.29) is 5.91 Å². The molecule has 1 aliphatic heterocycles. The third kappa shape index (κ3) is 4.84. The highest BCUT2D eigenvalue weighted by Gasteiger charge is 2.20. The number of hydrogen-bond acceptors (Lipinski definition) is 4. The number of hydrogen-bond donors (Lipinski definition) is 0. The molecule has 0 aliphatic carbocycles. The van der Waals surface area contributed by atoms with Gasteiger partial charge in [-0.3, -0.25) is 4.79 Å². The smallest absolute Gasteiger partial charge is 0.233 e. The number of rotatable bonds is 7. The highest BCUT2D eigenvalue weighted by molar-refractivity contribution is 7.99.